The van der Waals surface area contributed by atoms with E-state index < -0.39 is 0 Å². The SMILES string of the molecule is CC(=O)N[C@@H]1CC[C@@H](c2ccccc2)c2ccccc21. The third-order valence-electron chi connectivity index (χ3n) is 4.07. The largest absolute Gasteiger partial charge is 0.350 e. The van der Waals surface area contributed by atoms with Crippen LogP contribution in [-0.4, -0.2) is 5.91 Å². The highest BCUT2D eigenvalue weighted by Crippen LogP contribution is 2.40. The second-order valence-electron chi connectivity index (χ2n) is 5.42. The molecule has 0 bridgehead atoms. The molecule has 1 aliphatic carbocycles. The summed E-state index contributed by atoms with van der Waals surface area (Å²) in [5.74, 6) is 0.486. The lowest BCUT2D eigenvalue weighted by Crippen LogP contribution is -2.30. The van der Waals surface area contributed by atoms with Gasteiger partial charge in [0.2, 0.25) is 5.91 Å². The third kappa shape index (κ3) is 2.46. The Hall–Kier alpha value is -2.09. The van der Waals surface area contributed by atoms with Gasteiger partial charge in [-0.15, -0.1) is 0 Å². The van der Waals surface area contributed by atoms with Crippen molar-refractivity contribution in [1.82, 2.24) is 5.32 Å². The molecule has 0 fully saturated rings. The number of hydrogen-bond acceptors (Lipinski definition) is 1. The number of hydrogen-bond donors (Lipinski definition) is 1. The number of carbonyl (C=O) groups is 1. The number of benzene rings is 2. The summed E-state index contributed by atoms with van der Waals surface area (Å²) >= 11 is 0. The first-order valence-electron chi connectivity index (χ1n) is 7.16. The van der Waals surface area contributed by atoms with Gasteiger partial charge in [-0.2, -0.15) is 0 Å². The average molecular weight is 265 g/mol. The summed E-state index contributed by atoms with van der Waals surface area (Å²) in [6, 6.07) is 19.3. The Morgan fingerprint density at radius 3 is 2.30 bits per heavy atom. The van der Waals surface area contributed by atoms with Gasteiger partial charge in [-0.25, -0.2) is 0 Å². The van der Waals surface area contributed by atoms with Crippen molar-refractivity contribution in [3.05, 3.63) is 71.3 Å². The zero-order chi connectivity index (χ0) is 13.9. The van der Waals surface area contributed by atoms with Crippen molar-refractivity contribution < 1.29 is 4.79 Å². The van der Waals surface area contributed by atoms with Crippen LogP contribution in [0, 0.1) is 0 Å². The summed E-state index contributed by atoms with van der Waals surface area (Å²) < 4.78 is 0. The van der Waals surface area contributed by atoms with Gasteiger partial charge in [0.25, 0.3) is 0 Å². The smallest absolute Gasteiger partial charge is 0.217 e. The summed E-state index contributed by atoms with van der Waals surface area (Å²) in [4.78, 5) is 11.4. The number of amides is 1. The Bertz CT molecular complexity index is 606. The molecule has 0 saturated heterocycles. The molecule has 0 unspecified atom stereocenters. The standard InChI is InChI=1S/C18H19NO/c1-13(20)19-18-12-11-15(14-7-3-2-4-8-14)16-9-5-6-10-17(16)18/h2-10,15,18H,11-12H2,1H3,(H,19,20)/t15-,18+/m0/s1. The van der Waals surface area contributed by atoms with Crippen LogP contribution in [0.15, 0.2) is 54.6 Å². The predicted octanol–water partition coefficient (Wildman–Crippen LogP) is 3.79. The van der Waals surface area contributed by atoms with Gasteiger partial charge >= 0.3 is 0 Å². The number of carbonyl (C=O) groups excluding carboxylic acids is 1. The van der Waals surface area contributed by atoms with E-state index >= 15 is 0 Å². The van der Waals surface area contributed by atoms with Gasteiger partial charge in [0, 0.05) is 12.8 Å². The predicted molar refractivity (Wildman–Crippen MR) is 80.5 cm³/mol. The molecule has 1 aliphatic rings. The molecule has 0 heterocycles. The highest BCUT2D eigenvalue weighted by molar-refractivity contribution is 5.73. The Kier molecular flexibility index (Phi) is 3.55. The molecule has 3 rings (SSSR count). The van der Waals surface area contributed by atoms with Crippen molar-refractivity contribution >= 4 is 5.91 Å². The molecule has 2 heteroatoms. The summed E-state index contributed by atoms with van der Waals surface area (Å²) in [7, 11) is 0. The first kappa shape index (κ1) is 12.9. The van der Waals surface area contributed by atoms with Gasteiger partial charge in [-0.05, 0) is 29.5 Å². The third-order valence-corrected chi connectivity index (χ3v) is 4.07. The normalized spacial score (nSPS) is 21.1. The molecule has 2 atom stereocenters. The first-order valence-corrected chi connectivity index (χ1v) is 7.16. The van der Waals surface area contributed by atoms with Crippen LogP contribution in [0.1, 0.15) is 48.4 Å². The van der Waals surface area contributed by atoms with E-state index in [0.717, 1.165) is 12.8 Å². The topological polar surface area (TPSA) is 29.1 Å². The van der Waals surface area contributed by atoms with E-state index in [1.54, 1.807) is 6.92 Å². The fourth-order valence-electron chi connectivity index (χ4n) is 3.22. The molecule has 2 nitrogen and oxygen atoms in total. The van der Waals surface area contributed by atoms with E-state index in [1.807, 2.05) is 0 Å². The Morgan fingerprint density at radius 2 is 1.60 bits per heavy atom. The van der Waals surface area contributed by atoms with Gasteiger partial charge in [0.15, 0.2) is 0 Å². The van der Waals surface area contributed by atoms with Crippen molar-refractivity contribution in [1.29, 1.82) is 0 Å². The zero-order valence-corrected chi connectivity index (χ0v) is 11.7. The van der Waals surface area contributed by atoms with E-state index in [9.17, 15) is 4.79 Å². The molecule has 2 aromatic carbocycles. The lowest BCUT2D eigenvalue weighted by Gasteiger charge is -2.32. The van der Waals surface area contributed by atoms with Crippen LogP contribution >= 0.6 is 0 Å². The highest BCUT2D eigenvalue weighted by Gasteiger charge is 2.28. The van der Waals surface area contributed by atoms with E-state index in [4.69, 9.17) is 0 Å². The maximum atomic E-state index is 11.4. The Morgan fingerprint density at radius 1 is 0.950 bits per heavy atom. The zero-order valence-electron chi connectivity index (χ0n) is 11.7. The van der Waals surface area contributed by atoms with Crippen LogP contribution in [0.4, 0.5) is 0 Å². The molecule has 0 saturated carbocycles. The molecule has 20 heavy (non-hydrogen) atoms. The molecule has 1 N–H and O–H groups in total. The van der Waals surface area contributed by atoms with Crippen LogP contribution in [0.5, 0.6) is 0 Å². The van der Waals surface area contributed by atoms with E-state index in [1.165, 1.54) is 16.7 Å². The molecule has 102 valence electrons. The van der Waals surface area contributed by atoms with Crippen LogP contribution in [0.3, 0.4) is 0 Å². The van der Waals surface area contributed by atoms with E-state index in [0.29, 0.717) is 5.92 Å². The lowest BCUT2D eigenvalue weighted by molar-refractivity contribution is -0.119. The van der Waals surface area contributed by atoms with Crippen molar-refractivity contribution in [2.45, 2.75) is 31.7 Å². The second kappa shape index (κ2) is 5.49. The Balaban J connectivity index is 1.99. The van der Waals surface area contributed by atoms with Crippen molar-refractivity contribution in [2.24, 2.45) is 0 Å². The molecule has 1 amide bonds. The van der Waals surface area contributed by atoms with Gasteiger partial charge in [-0.3, -0.25) is 4.79 Å². The minimum absolute atomic E-state index is 0.0444. The minimum Gasteiger partial charge on any atom is -0.350 e. The molecule has 0 spiro atoms. The average Bonchev–Trinajstić information content (AvgIpc) is 2.48. The van der Waals surface area contributed by atoms with E-state index in [2.05, 4.69) is 59.9 Å². The van der Waals surface area contributed by atoms with Gasteiger partial charge in [0.05, 0.1) is 6.04 Å². The van der Waals surface area contributed by atoms with Crippen LogP contribution in [-0.2, 0) is 4.79 Å². The molecule has 0 aliphatic heterocycles. The van der Waals surface area contributed by atoms with Crippen LogP contribution in [0.2, 0.25) is 0 Å². The van der Waals surface area contributed by atoms with Gasteiger partial charge < -0.3 is 5.32 Å². The van der Waals surface area contributed by atoms with E-state index in [-0.39, 0.29) is 11.9 Å². The highest BCUT2D eigenvalue weighted by atomic mass is 16.1. The summed E-state index contributed by atoms with van der Waals surface area (Å²) in [6.07, 6.45) is 2.07. The molecule has 0 aromatic heterocycles. The lowest BCUT2D eigenvalue weighted by atomic mass is 9.77. The first-order chi connectivity index (χ1) is 9.75. The quantitative estimate of drug-likeness (QED) is 0.879. The van der Waals surface area contributed by atoms with Crippen molar-refractivity contribution in [3.8, 4) is 0 Å². The maximum absolute atomic E-state index is 11.4. The summed E-state index contributed by atoms with van der Waals surface area (Å²) in [5.41, 5.74) is 3.98. The van der Waals surface area contributed by atoms with Gasteiger partial charge in [-0.1, -0.05) is 54.6 Å². The monoisotopic (exact) mass is 265 g/mol. The second-order valence-corrected chi connectivity index (χ2v) is 5.42. The fraction of sp³-hybridized carbons (Fsp3) is 0.278. The summed E-state index contributed by atoms with van der Waals surface area (Å²) in [5, 5.41) is 3.07. The van der Waals surface area contributed by atoms with Crippen LogP contribution in [0.25, 0.3) is 0 Å². The fourth-order valence-corrected chi connectivity index (χ4v) is 3.22. The summed E-state index contributed by atoms with van der Waals surface area (Å²) in [6.45, 7) is 1.59. The molecular formula is C18H19NO. The molecular weight excluding hydrogens is 246 g/mol. The van der Waals surface area contributed by atoms with Gasteiger partial charge in [0.1, 0.15) is 0 Å². The Labute approximate surface area is 119 Å². The number of fused-ring (bicyclic) bond motifs is 1. The molecule has 2 aromatic rings. The van der Waals surface area contributed by atoms with Crippen molar-refractivity contribution in [3.63, 3.8) is 0 Å². The maximum Gasteiger partial charge on any atom is 0.217 e. The van der Waals surface area contributed by atoms with Crippen molar-refractivity contribution in [2.75, 3.05) is 0 Å². The number of rotatable bonds is 2. The van der Waals surface area contributed by atoms with Crippen LogP contribution < -0.4 is 5.32 Å². The minimum atomic E-state index is 0.0444. The number of nitrogens with one attached hydrogen (secondary N) is 1. The molecule has 0 radical (unpaired) electrons.